The van der Waals surface area contributed by atoms with Crippen molar-refractivity contribution < 1.29 is 19.6 Å². The van der Waals surface area contributed by atoms with Crippen LogP contribution in [0.1, 0.15) is 31.0 Å². The first-order valence-electron chi connectivity index (χ1n) is 10.2. The van der Waals surface area contributed by atoms with Crippen LogP contribution < -0.4 is 0 Å². The summed E-state index contributed by atoms with van der Waals surface area (Å²) < 4.78 is 0. The molecule has 162 valence electrons. The van der Waals surface area contributed by atoms with Gasteiger partial charge in [0.15, 0.2) is 0 Å². The van der Waals surface area contributed by atoms with Gasteiger partial charge < -0.3 is 14.9 Å². The normalized spacial score (nSPS) is 18.0. The second-order valence-corrected chi connectivity index (χ2v) is 7.23. The van der Waals surface area contributed by atoms with E-state index >= 15 is 0 Å². The van der Waals surface area contributed by atoms with E-state index in [0.29, 0.717) is 24.2 Å². The molecule has 0 saturated carbocycles. The fourth-order valence-corrected chi connectivity index (χ4v) is 3.78. The number of benzene rings is 2. The zero-order chi connectivity index (χ0) is 22.5. The van der Waals surface area contributed by atoms with Crippen molar-refractivity contribution in [2.75, 3.05) is 26.2 Å². The van der Waals surface area contributed by atoms with Crippen LogP contribution in [-0.2, 0) is 9.59 Å². The average molecular weight is 423 g/mol. The average Bonchev–Trinajstić information content (AvgIpc) is 3.04. The van der Waals surface area contributed by atoms with Gasteiger partial charge in [-0.1, -0.05) is 44.2 Å². The molecule has 0 aromatic heterocycles. The molecule has 1 atom stereocenters. The van der Waals surface area contributed by atoms with E-state index in [1.807, 2.05) is 13.8 Å². The van der Waals surface area contributed by atoms with Crippen molar-refractivity contribution in [3.05, 3.63) is 81.4 Å². The third-order valence-corrected chi connectivity index (χ3v) is 5.56. The third kappa shape index (κ3) is 4.49. The molecule has 1 aliphatic rings. The SMILES string of the molecule is CCN(CC)CCN1C(=O)C(=O)/C(=C(/O)c2ccccc2)C1c1ccc([N+](=O)[O-])cc1. The van der Waals surface area contributed by atoms with Crippen molar-refractivity contribution in [2.45, 2.75) is 19.9 Å². The summed E-state index contributed by atoms with van der Waals surface area (Å²) in [4.78, 5) is 39.9. The molecule has 2 aromatic carbocycles. The third-order valence-electron chi connectivity index (χ3n) is 5.56. The van der Waals surface area contributed by atoms with Crippen molar-refractivity contribution in [2.24, 2.45) is 0 Å². The highest BCUT2D eigenvalue weighted by molar-refractivity contribution is 6.46. The van der Waals surface area contributed by atoms with Gasteiger partial charge >= 0.3 is 0 Å². The Bertz CT molecular complexity index is 998. The fourth-order valence-electron chi connectivity index (χ4n) is 3.78. The van der Waals surface area contributed by atoms with Crippen LogP contribution in [0.4, 0.5) is 5.69 Å². The van der Waals surface area contributed by atoms with Crippen LogP contribution in [-0.4, -0.2) is 57.7 Å². The first-order chi connectivity index (χ1) is 14.9. The molecule has 1 aliphatic heterocycles. The number of hydrogen-bond donors (Lipinski definition) is 1. The van der Waals surface area contributed by atoms with E-state index in [1.165, 1.54) is 29.2 Å². The summed E-state index contributed by atoms with van der Waals surface area (Å²) in [5.74, 6) is -1.70. The Morgan fingerprint density at radius 3 is 2.23 bits per heavy atom. The predicted octanol–water partition coefficient (Wildman–Crippen LogP) is 3.36. The maximum atomic E-state index is 12.9. The lowest BCUT2D eigenvalue weighted by atomic mass is 9.95. The van der Waals surface area contributed by atoms with Gasteiger partial charge in [-0.25, -0.2) is 0 Å². The largest absolute Gasteiger partial charge is 0.507 e. The number of likely N-dealkylation sites (tertiary alicyclic amines) is 1. The van der Waals surface area contributed by atoms with Crippen molar-refractivity contribution in [3.63, 3.8) is 0 Å². The number of rotatable bonds is 8. The number of amides is 1. The van der Waals surface area contributed by atoms with Crippen molar-refractivity contribution in [1.82, 2.24) is 9.80 Å². The molecule has 1 unspecified atom stereocenters. The predicted molar refractivity (Wildman–Crippen MR) is 116 cm³/mol. The molecular weight excluding hydrogens is 398 g/mol. The first-order valence-corrected chi connectivity index (χ1v) is 10.2. The van der Waals surface area contributed by atoms with E-state index in [1.54, 1.807) is 30.3 Å². The summed E-state index contributed by atoms with van der Waals surface area (Å²) in [6.45, 7) is 6.48. The number of nitro groups is 1. The number of likely N-dealkylation sites (N-methyl/N-ethyl adjacent to an activating group) is 1. The Hall–Kier alpha value is -3.52. The highest BCUT2D eigenvalue weighted by Crippen LogP contribution is 2.39. The molecule has 1 heterocycles. The van der Waals surface area contributed by atoms with Gasteiger partial charge in [0.1, 0.15) is 5.76 Å². The summed E-state index contributed by atoms with van der Waals surface area (Å²) in [5.41, 5.74) is 0.856. The van der Waals surface area contributed by atoms with Crippen molar-refractivity contribution >= 4 is 23.1 Å². The lowest BCUT2D eigenvalue weighted by Gasteiger charge is -2.28. The van der Waals surface area contributed by atoms with E-state index in [2.05, 4.69) is 4.90 Å². The number of nitrogens with zero attached hydrogens (tertiary/aromatic N) is 3. The number of Topliss-reactive ketones (excluding diaryl/α,β-unsaturated/α-hetero) is 1. The van der Waals surface area contributed by atoms with Gasteiger partial charge in [-0.3, -0.25) is 19.7 Å². The van der Waals surface area contributed by atoms with Crippen LogP contribution in [0.25, 0.3) is 5.76 Å². The molecule has 0 aliphatic carbocycles. The standard InChI is InChI=1S/C23H25N3O5/c1-3-24(4-2)14-15-25-20(16-10-12-18(13-11-16)26(30)31)19(22(28)23(25)29)21(27)17-8-6-5-7-9-17/h5-13,20,27H,3-4,14-15H2,1-2H3/b21-19+. The number of aliphatic hydroxyl groups is 1. The van der Waals surface area contributed by atoms with E-state index in [-0.39, 0.29) is 17.0 Å². The molecular formula is C23H25N3O5. The van der Waals surface area contributed by atoms with Gasteiger partial charge in [0.05, 0.1) is 16.5 Å². The van der Waals surface area contributed by atoms with Crippen LogP contribution in [0.15, 0.2) is 60.2 Å². The summed E-state index contributed by atoms with van der Waals surface area (Å²) in [6, 6.07) is 13.5. The maximum absolute atomic E-state index is 12.9. The minimum atomic E-state index is -0.823. The van der Waals surface area contributed by atoms with Gasteiger partial charge in [0.25, 0.3) is 17.4 Å². The molecule has 2 aromatic rings. The number of carbonyl (C=O) groups is 2. The van der Waals surface area contributed by atoms with Crippen LogP contribution in [0, 0.1) is 10.1 Å². The molecule has 0 radical (unpaired) electrons. The minimum absolute atomic E-state index is 0.00963. The number of non-ortho nitro benzene ring substituents is 1. The van der Waals surface area contributed by atoms with E-state index < -0.39 is 22.7 Å². The number of aliphatic hydroxyl groups excluding tert-OH is 1. The first kappa shape index (κ1) is 22.2. The Morgan fingerprint density at radius 2 is 1.68 bits per heavy atom. The molecule has 0 spiro atoms. The van der Waals surface area contributed by atoms with Crippen molar-refractivity contribution in [1.29, 1.82) is 0 Å². The molecule has 1 fully saturated rings. The summed E-state index contributed by atoms with van der Waals surface area (Å²) in [7, 11) is 0. The Morgan fingerprint density at radius 1 is 1.06 bits per heavy atom. The molecule has 8 heteroatoms. The monoisotopic (exact) mass is 423 g/mol. The number of hydrogen-bond acceptors (Lipinski definition) is 6. The van der Waals surface area contributed by atoms with E-state index in [9.17, 15) is 24.8 Å². The van der Waals surface area contributed by atoms with Crippen molar-refractivity contribution in [3.8, 4) is 0 Å². The lowest BCUT2D eigenvalue weighted by Crippen LogP contribution is -2.38. The topological polar surface area (TPSA) is 104 Å². The molecule has 0 bridgehead atoms. The number of carbonyl (C=O) groups excluding carboxylic acids is 2. The minimum Gasteiger partial charge on any atom is -0.507 e. The summed E-state index contributed by atoms with van der Waals surface area (Å²) >= 11 is 0. The Labute approximate surface area is 180 Å². The Balaban J connectivity index is 2.09. The molecule has 31 heavy (non-hydrogen) atoms. The molecule has 1 N–H and O–H groups in total. The van der Waals surface area contributed by atoms with Crippen LogP contribution in [0.2, 0.25) is 0 Å². The molecule has 8 nitrogen and oxygen atoms in total. The maximum Gasteiger partial charge on any atom is 0.295 e. The van der Waals surface area contributed by atoms with Gasteiger partial charge in [-0.05, 0) is 30.8 Å². The van der Waals surface area contributed by atoms with Gasteiger partial charge in [0.2, 0.25) is 0 Å². The van der Waals surface area contributed by atoms with Crippen LogP contribution in [0.3, 0.4) is 0 Å². The molecule has 3 rings (SSSR count). The number of nitro benzene ring substituents is 1. The van der Waals surface area contributed by atoms with Gasteiger partial charge in [-0.15, -0.1) is 0 Å². The zero-order valence-electron chi connectivity index (χ0n) is 17.5. The molecule has 1 saturated heterocycles. The zero-order valence-corrected chi connectivity index (χ0v) is 17.5. The van der Waals surface area contributed by atoms with E-state index in [0.717, 1.165) is 13.1 Å². The highest BCUT2D eigenvalue weighted by atomic mass is 16.6. The fraction of sp³-hybridized carbons (Fsp3) is 0.304. The van der Waals surface area contributed by atoms with Gasteiger partial charge in [0, 0.05) is 30.8 Å². The van der Waals surface area contributed by atoms with Gasteiger partial charge in [-0.2, -0.15) is 0 Å². The lowest BCUT2D eigenvalue weighted by molar-refractivity contribution is -0.384. The summed E-state index contributed by atoms with van der Waals surface area (Å²) in [6.07, 6.45) is 0. The highest BCUT2D eigenvalue weighted by Gasteiger charge is 2.46. The van der Waals surface area contributed by atoms with Crippen LogP contribution >= 0.6 is 0 Å². The second-order valence-electron chi connectivity index (χ2n) is 7.23. The number of ketones is 1. The second kappa shape index (κ2) is 9.53. The smallest absolute Gasteiger partial charge is 0.295 e. The van der Waals surface area contributed by atoms with Crippen LogP contribution in [0.5, 0.6) is 0 Å². The Kier molecular flexibility index (Phi) is 6.81. The summed E-state index contributed by atoms with van der Waals surface area (Å²) in [5, 5.41) is 22.0. The quantitative estimate of drug-likeness (QED) is 0.230. The molecule has 1 amide bonds. The van der Waals surface area contributed by atoms with E-state index in [4.69, 9.17) is 0 Å².